The van der Waals surface area contributed by atoms with Crippen LogP contribution in [0.25, 0.3) is 0 Å². The topological polar surface area (TPSA) is 55.4 Å². The number of rotatable bonds is 6. The molecular formula is C18H17BrClNO3. The van der Waals surface area contributed by atoms with E-state index in [4.69, 9.17) is 16.3 Å². The van der Waals surface area contributed by atoms with Crippen LogP contribution in [0.3, 0.4) is 0 Å². The van der Waals surface area contributed by atoms with Crippen molar-refractivity contribution in [1.82, 2.24) is 5.32 Å². The van der Waals surface area contributed by atoms with Gasteiger partial charge in [0.05, 0.1) is 26.0 Å². The molecule has 0 aliphatic heterocycles. The minimum absolute atomic E-state index is 0.0597. The molecule has 1 amide bonds. The highest BCUT2D eigenvalue weighted by Crippen LogP contribution is 2.20. The number of amides is 1. The first-order chi connectivity index (χ1) is 11.5. The van der Waals surface area contributed by atoms with E-state index in [0.29, 0.717) is 5.02 Å². The first kappa shape index (κ1) is 18.5. The molecule has 0 aromatic heterocycles. The van der Waals surface area contributed by atoms with Crippen molar-refractivity contribution in [1.29, 1.82) is 0 Å². The molecule has 0 saturated carbocycles. The van der Waals surface area contributed by atoms with Gasteiger partial charge in [-0.05, 0) is 35.4 Å². The Balaban J connectivity index is 2.08. The van der Waals surface area contributed by atoms with Crippen molar-refractivity contribution >= 4 is 39.4 Å². The van der Waals surface area contributed by atoms with Crippen LogP contribution in [-0.2, 0) is 20.7 Å². The van der Waals surface area contributed by atoms with E-state index < -0.39 is 6.04 Å². The molecule has 0 aliphatic rings. The van der Waals surface area contributed by atoms with Crippen LogP contribution in [0.15, 0.2) is 53.0 Å². The van der Waals surface area contributed by atoms with E-state index >= 15 is 0 Å². The summed E-state index contributed by atoms with van der Waals surface area (Å²) < 4.78 is 5.67. The lowest BCUT2D eigenvalue weighted by molar-refractivity contribution is -0.141. The van der Waals surface area contributed by atoms with Gasteiger partial charge in [0.25, 0.3) is 0 Å². The molecule has 0 bridgehead atoms. The Hall–Kier alpha value is -1.85. The van der Waals surface area contributed by atoms with Crippen molar-refractivity contribution in [3.8, 4) is 0 Å². The molecule has 2 aromatic rings. The van der Waals surface area contributed by atoms with Crippen LogP contribution in [0.4, 0.5) is 0 Å². The van der Waals surface area contributed by atoms with Crippen molar-refractivity contribution < 1.29 is 14.3 Å². The molecule has 1 unspecified atom stereocenters. The third-order valence-electron chi connectivity index (χ3n) is 3.48. The number of ether oxygens (including phenoxy) is 1. The lowest BCUT2D eigenvalue weighted by Crippen LogP contribution is -2.31. The Morgan fingerprint density at radius 3 is 2.33 bits per heavy atom. The number of methoxy groups -OCH3 is 1. The smallest absolute Gasteiger partial charge is 0.307 e. The zero-order valence-electron chi connectivity index (χ0n) is 13.1. The second kappa shape index (κ2) is 8.85. The van der Waals surface area contributed by atoms with Crippen molar-refractivity contribution in [2.24, 2.45) is 0 Å². The van der Waals surface area contributed by atoms with Gasteiger partial charge in [-0.3, -0.25) is 9.59 Å². The standard InChI is InChI=1S/C18H17BrClNO3/c1-24-18(23)11-16(13-4-8-15(20)9-5-13)21-17(22)10-12-2-6-14(19)7-3-12/h2-9,16H,10-11H2,1H3,(H,21,22). The maximum absolute atomic E-state index is 12.3. The van der Waals surface area contributed by atoms with Gasteiger partial charge in [-0.25, -0.2) is 0 Å². The number of benzene rings is 2. The molecule has 2 aromatic carbocycles. The molecule has 1 atom stereocenters. The van der Waals surface area contributed by atoms with Crippen LogP contribution in [0.2, 0.25) is 5.02 Å². The molecule has 0 aliphatic carbocycles. The summed E-state index contributed by atoms with van der Waals surface area (Å²) in [7, 11) is 1.32. The van der Waals surface area contributed by atoms with Gasteiger partial charge >= 0.3 is 5.97 Å². The van der Waals surface area contributed by atoms with Crippen LogP contribution in [0.1, 0.15) is 23.6 Å². The third kappa shape index (κ3) is 5.65. The number of carbonyl (C=O) groups excluding carboxylic acids is 2. The molecule has 6 heteroatoms. The van der Waals surface area contributed by atoms with Crippen molar-refractivity contribution in [3.63, 3.8) is 0 Å². The Labute approximate surface area is 154 Å². The van der Waals surface area contributed by atoms with Gasteiger partial charge in [0, 0.05) is 9.50 Å². The summed E-state index contributed by atoms with van der Waals surface area (Å²) in [6, 6.07) is 14.1. The SMILES string of the molecule is COC(=O)CC(NC(=O)Cc1ccc(Br)cc1)c1ccc(Cl)cc1. The summed E-state index contributed by atoms with van der Waals surface area (Å²) in [5.41, 5.74) is 1.69. The van der Waals surface area contributed by atoms with Gasteiger partial charge in [0.2, 0.25) is 5.91 Å². The molecule has 0 fully saturated rings. The highest BCUT2D eigenvalue weighted by atomic mass is 79.9. The number of nitrogens with one attached hydrogen (secondary N) is 1. The van der Waals surface area contributed by atoms with Gasteiger partial charge in [-0.15, -0.1) is 0 Å². The Kier molecular flexibility index (Phi) is 6.82. The van der Waals surface area contributed by atoms with Crippen LogP contribution >= 0.6 is 27.5 Å². The Morgan fingerprint density at radius 1 is 1.12 bits per heavy atom. The summed E-state index contributed by atoms with van der Waals surface area (Å²) in [5.74, 6) is -0.555. The van der Waals surface area contributed by atoms with Gasteiger partial charge in [-0.2, -0.15) is 0 Å². The van der Waals surface area contributed by atoms with E-state index in [1.165, 1.54) is 7.11 Å². The van der Waals surface area contributed by atoms with E-state index in [1.807, 2.05) is 24.3 Å². The van der Waals surface area contributed by atoms with Gasteiger partial charge in [0.1, 0.15) is 0 Å². The third-order valence-corrected chi connectivity index (χ3v) is 4.26. The second-order valence-corrected chi connectivity index (χ2v) is 6.61. The molecular weight excluding hydrogens is 394 g/mol. The lowest BCUT2D eigenvalue weighted by Gasteiger charge is -2.18. The first-order valence-electron chi connectivity index (χ1n) is 7.34. The molecule has 24 heavy (non-hydrogen) atoms. The molecule has 0 spiro atoms. The van der Waals surface area contributed by atoms with E-state index in [1.54, 1.807) is 24.3 Å². The van der Waals surface area contributed by atoms with Crippen LogP contribution in [-0.4, -0.2) is 19.0 Å². The number of hydrogen-bond donors (Lipinski definition) is 1. The molecule has 1 N–H and O–H groups in total. The summed E-state index contributed by atoms with van der Waals surface area (Å²) >= 11 is 9.25. The summed E-state index contributed by atoms with van der Waals surface area (Å²) in [4.78, 5) is 24.0. The predicted octanol–water partition coefficient (Wildman–Crippen LogP) is 4.07. The van der Waals surface area contributed by atoms with Crippen molar-refractivity contribution in [3.05, 3.63) is 69.2 Å². The van der Waals surface area contributed by atoms with E-state index in [2.05, 4.69) is 21.2 Å². The highest BCUT2D eigenvalue weighted by Gasteiger charge is 2.19. The molecule has 4 nitrogen and oxygen atoms in total. The van der Waals surface area contributed by atoms with Crippen LogP contribution in [0.5, 0.6) is 0 Å². The largest absolute Gasteiger partial charge is 0.469 e. The zero-order valence-corrected chi connectivity index (χ0v) is 15.4. The summed E-state index contributed by atoms with van der Waals surface area (Å²) in [6.45, 7) is 0. The van der Waals surface area contributed by atoms with Gasteiger partial charge < -0.3 is 10.1 Å². The van der Waals surface area contributed by atoms with Crippen molar-refractivity contribution in [2.75, 3.05) is 7.11 Å². The second-order valence-electron chi connectivity index (χ2n) is 5.26. The van der Waals surface area contributed by atoms with E-state index in [9.17, 15) is 9.59 Å². The van der Waals surface area contributed by atoms with Crippen LogP contribution < -0.4 is 5.32 Å². The molecule has 126 valence electrons. The fourth-order valence-electron chi connectivity index (χ4n) is 2.23. The van der Waals surface area contributed by atoms with Crippen molar-refractivity contribution in [2.45, 2.75) is 18.9 Å². The molecule has 0 saturated heterocycles. The highest BCUT2D eigenvalue weighted by molar-refractivity contribution is 9.10. The van der Waals surface area contributed by atoms with E-state index in [0.717, 1.165) is 15.6 Å². The average molecular weight is 411 g/mol. The van der Waals surface area contributed by atoms with Gasteiger partial charge in [-0.1, -0.05) is 51.8 Å². The average Bonchev–Trinajstić information content (AvgIpc) is 2.57. The quantitative estimate of drug-likeness (QED) is 0.731. The lowest BCUT2D eigenvalue weighted by atomic mass is 10.0. The van der Waals surface area contributed by atoms with Gasteiger partial charge in [0.15, 0.2) is 0 Å². The maximum Gasteiger partial charge on any atom is 0.307 e. The molecule has 2 rings (SSSR count). The monoisotopic (exact) mass is 409 g/mol. The summed E-state index contributed by atoms with van der Waals surface area (Å²) in [5, 5.41) is 3.48. The fraction of sp³-hybridized carbons (Fsp3) is 0.222. The number of carbonyl (C=O) groups is 2. The predicted molar refractivity (Wildman–Crippen MR) is 96.8 cm³/mol. The number of hydrogen-bond acceptors (Lipinski definition) is 3. The number of esters is 1. The molecule has 0 heterocycles. The zero-order chi connectivity index (χ0) is 17.5. The Bertz CT molecular complexity index is 701. The fourth-order valence-corrected chi connectivity index (χ4v) is 2.62. The number of halogens is 2. The van der Waals surface area contributed by atoms with Crippen LogP contribution in [0, 0.1) is 0 Å². The maximum atomic E-state index is 12.3. The minimum Gasteiger partial charge on any atom is -0.469 e. The molecule has 0 radical (unpaired) electrons. The first-order valence-corrected chi connectivity index (χ1v) is 8.51. The normalized spacial score (nSPS) is 11.6. The summed E-state index contributed by atoms with van der Waals surface area (Å²) in [6.07, 6.45) is 0.294. The van der Waals surface area contributed by atoms with E-state index in [-0.39, 0.29) is 24.7 Å². The minimum atomic E-state index is -0.460. The Morgan fingerprint density at radius 2 is 1.75 bits per heavy atom.